The predicted octanol–water partition coefficient (Wildman–Crippen LogP) is 0.838. The molecule has 0 aromatic carbocycles. The molecule has 0 saturated heterocycles. The van der Waals surface area contributed by atoms with Gasteiger partial charge in [-0.05, 0) is 5.92 Å². The second-order valence-corrected chi connectivity index (χ2v) is 5.09. The number of methoxy groups -OCH3 is 1. The van der Waals surface area contributed by atoms with Crippen molar-refractivity contribution in [1.82, 2.24) is 0 Å². The van der Waals surface area contributed by atoms with Crippen molar-refractivity contribution in [2.45, 2.75) is 6.92 Å². The molecule has 62 valence electrons. The maximum atomic E-state index is 10.4. The molecule has 0 aromatic heterocycles. The maximum absolute atomic E-state index is 10.4. The lowest BCUT2D eigenvalue weighted by Crippen LogP contribution is -2.13. The fourth-order valence-corrected chi connectivity index (χ4v) is 2.09. The van der Waals surface area contributed by atoms with E-state index in [4.69, 9.17) is 15.4 Å². The summed E-state index contributed by atoms with van der Waals surface area (Å²) in [5.74, 6) is -0.0601. The smallest absolute Gasteiger partial charge is 0.232 e. The molecule has 0 aromatic rings. The van der Waals surface area contributed by atoms with Gasteiger partial charge >= 0.3 is 0 Å². The number of ether oxygens (including phenoxy) is 1. The normalized spacial score (nSPS) is 15.1. The molecule has 0 fully saturated rings. The van der Waals surface area contributed by atoms with E-state index in [0.29, 0.717) is 6.61 Å². The Morgan fingerprint density at radius 3 is 2.40 bits per heavy atom. The van der Waals surface area contributed by atoms with Crippen LogP contribution in [0.2, 0.25) is 0 Å². The summed E-state index contributed by atoms with van der Waals surface area (Å²) in [7, 11) is 3.15. The van der Waals surface area contributed by atoms with E-state index in [1.807, 2.05) is 0 Å². The Bertz CT molecular complexity index is 175. The van der Waals surface area contributed by atoms with E-state index >= 15 is 0 Å². The number of halogens is 1. The lowest BCUT2D eigenvalue weighted by molar-refractivity contribution is 0.168. The minimum atomic E-state index is -3.35. The zero-order valence-electron chi connectivity index (χ0n) is 6.00. The van der Waals surface area contributed by atoms with E-state index < -0.39 is 9.05 Å². The fraction of sp³-hybridized carbons (Fsp3) is 1.00. The second-order valence-electron chi connectivity index (χ2n) is 2.27. The van der Waals surface area contributed by atoms with Crippen molar-refractivity contribution in [3.63, 3.8) is 0 Å². The Hall–Kier alpha value is 0.200. The summed E-state index contributed by atoms with van der Waals surface area (Å²) in [5, 5.41) is 0. The Labute approximate surface area is 65.7 Å². The molecular formula is C5H11ClO3S. The third-order valence-corrected chi connectivity index (χ3v) is 2.28. The van der Waals surface area contributed by atoms with Crippen molar-refractivity contribution in [3.05, 3.63) is 0 Å². The van der Waals surface area contributed by atoms with Crippen molar-refractivity contribution in [3.8, 4) is 0 Å². The Kier molecular flexibility index (Phi) is 4.24. The molecule has 5 heteroatoms. The molecular weight excluding hydrogens is 176 g/mol. The molecule has 0 heterocycles. The topological polar surface area (TPSA) is 43.4 Å². The summed E-state index contributed by atoms with van der Waals surface area (Å²) in [6, 6.07) is 0. The first-order chi connectivity index (χ1) is 4.45. The highest BCUT2D eigenvalue weighted by atomic mass is 35.7. The average molecular weight is 187 g/mol. The molecule has 0 unspecified atom stereocenters. The summed E-state index contributed by atoms with van der Waals surface area (Å²) in [5.41, 5.74) is 0. The molecule has 0 aliphatic rings. The van der Waals surface area contributed by atoms with E-state index in [1.165, 1.54) is 7.11 Å². The van der Waals surface area contributed by atoms with Crippen molar-refractivity contribution in [1.29, 1.82) is 0 Å². The first kappa shape index (κ1) is 10.2. The first-order valence-corrected chi connectivity index (χ1v) is 5.35. The lowest BCUT2D eigenvalue weighted by Gasteiger charge is -2.05. The highest BCUT2D eigenvalue weighted by Gasteiger charge is 2.11. The highest BCUT2D eigenvalue weighted by molar-refractivity contribution is 8.13. The zero-order chi connectivity index (χ0) is 8.20. The summed E-state index contributed by atoms with van der Waals surface area (Å²) in [6.07, 6.45) is 0. The van der Waals surface area contributed by atoms with Crippen LogP contribution in [0.4, 0.5) is 0 Å². The molecule has 0 amide bonds. The van der Waals surface area contributed by atoms with Crippen LogP contribution in [-0.4, -0.2) is 27.9 Å². The average Bonchev–Trinajstić information content (AvgIpc) is 1.59. The standard InChI is InChI=1S/C5H11ClO3S/c1-5(3-9-2)4-10(6,7)8/h5H,3-4H2,1-2H3/t5-/m1/s1. The summed E-state index contributed by atoms with van der Waals surface area (Å²) < 4.78 is 25.6. The van der Waals surface area contributed by atoms with Crippen LogP contribution in [0.5, 0.6) is 0 Å². The third kappa shape index (κ3) is 6.32. The fourth-order valence-electron chi connectivity index (χ4n) is 0.672. The number of hydrogen-bond donors (Lipinski definition) is 0. The minimum absolute atomic E-state index is 0.0254. The Morgan fingerprint density at radius 1 is 1.60 bits per heavy atom. The summed E-state index contributed by atoms with van der Waals surface area (Å²) in [6.45, 7) is 2.19. The molecule has 1 atom stereocenters. The van der Waals surface area contributed by atoms with Crippen LogP contribution in [0, 0.1) is 5.92 Å². The van der Waals surface area contributed by atoms with E-state index in [1.54, 1.807) is 6.92 Å². The minimum Gasteiger partial charge on any atom is -0.384 e. The highest BCUT2D eigenvalue weighted by Crippen LogP contribution is 2.04. The second kappa shape index (κ2) is 4.16. The molecule has 0 rings (SSSR count). The van der Waals surface area contributed by atoms with E-state index in [-0.39, 0.29) is 11.7 Å². The van der Waals surface area contributed by atoms with Gasteiger partial charge in [-0.25, -0.2) is 8.42 Å². The van der Waals surface area contributed by atoms with Gasteiger partial charge in [-0.1, -0.05) is 6.92 Å². The van der Waals surface area contributed by atoms with Crippen molar-refractivity contribution in [2.24, 2.45) is 5.92 Å². The molecule has 0 aliphatic heterocycles. The van der Waals surface area contributed by atoms with Gasteiger partial charge in [0, 0.05) is 24.4 Å². The Morgan fingerprint density at radius 2 is 2.10 bits per heavy atom. The van der Waals surface area contributed by atoms with Gasteiger partial charge in [-0.15, -0.1) is 0 Å². The molecule has 0 N–H and O–H groups in total. The van der Waals surface area contributed by atoms with Crippen LogP contribution >= 0.6 is 10.7 Å². The van der Waals surface area contributed by atoms with Gasteiger partial charge in [0.25, 0.3) is 0 Å². The number of rotatable bonds is 4. The quantitative estimate of drug-likeness (QED) is 0.612. The Balaban J connectivity index is 3.69. The van der Waals surface area contributed by atoms with E-state index in [2.05, 4.69) is 0 Å². The van der Waals surface area contributed by atoms with Gasteiger partial charge in [0.15, 0.2) is 0 Å². The van der Waals surface area contributed by atoms with Crippen LogP contribution in [0.25, 0.3) is 0 Å². The van der Waals surface area contributed by atoms with Gasteiger partial charge < -0.3 is 4.74 Å². The molecule has 3 nitrogen and oxygen atoms in total. The van der Waals surface area contributed by atoms with Gasteiger partial charge in [0.2, 0.25) is 9.05 Å². The molecule has 0 saturated carbocycles. The summed E-state index contributed by atoms with van der Waals surface area (Å²) >= 11 is 0. The maximum Gasteiger partial charge on any atom is 0.232 e. The SMILES string of the molecule is COC[C@@H](C)CS(=O)(=O)Cl. The van der Waals surface area contributed by atoms with Crippen LogP contribution in [0.1, 0.15) is 6.92 Å². The molecule has 0 spiro atoms. The monoisotopic (exact) mass is 186 g/mol. The van der Waals surface area contributed by atoms with Crippen molar-refractivity contribution >= 4 is 19.7 Å². The van der Waals surface area contributed by atoms with Crippen molar-refractivity contribution in [2.75, 3.05) is 19.5 Å². The summed E-state index contributed by atoms with van der Waals surface area (Å²) in [4.78, 5) is 0. The van der Waals surface area contributed by atoms with Gasteiger partial charge in [0.05, 0.1) is 5.75 Å². The number of hydrogen-bond acceptors (Lipinski definition) is 3. The largest absolute Gasteiger partial charge is 0.384 e. The predicted molar refractivity (Wildman–Crippen MR) is 40.7 cm³/mol. The van der Waals surface area contributed by atoms with Gasteiger partial charge in [-0.2, -0.15) is 0 Å². The molecule has 0 radical (unpaired) electrons. The van der Waals surface area contributed by atoms with Crippen LogP contribution in [-0.2, 0) is 13.8 Å². The molecule has 0 aliphatic carbocycles. The zero-order valence-corrected chi connectivity index (χ0v) is 7.57. The van der Waals surface area contributed by atoms with Gasteiger partial charge in [0.1, 0.15) is 0 Å². The molecule has 10 heavy (non-hydrogen) atoms. The molecule has 0 bridgehead atoms. The van der Waals surface area contributed by atoms with E-state index in [0.717, 1.165) is 0 Å². The first-order valence-electron chi connectivity index (χ1n) is 2.87. The third-order valence-electron chi connectivity index (χ3n) is 0.935. The van der Waals surface area contributed by atoms with Crippen LogP contribution < -0.4 is 0 Å². The lowest BCUT2D eigenvalue weighted by atomic mass is 10.2. The van der Waals surface area contributed by atoms with Gasteiger partial charge in [-0.3, -0.25) is 0 Å². The van der Waals surface area contributed by atoms with E-state index in [9.17, 15) is 8.42 Å². The van der Waals surface area contributed by atoms with Crippen LogP contribution in [0.3, 0.4) is 0 Å². The van der Waals surface area contributed by atoms with Crippen LogP contribution in [0.15, 0.2) is 0 Å². The van der Waals surface area contributed by atoms with Crippen molar-refractivity contribution < 1.29 is 13.2 Å².